The second-order valence-electron chi connectivity index (χ2n) is 4.43. The first-order valence-electron chi connectivity index (χ1n) is 6.19. The van der Waals surface area contributed by atoms with E-state index in [1.165, 1.54) is 0 Å². The summed E-state index contributed by atoms with van der Waals surface area (Å²) in [7, 11) is 0. The van der Waals surface area contributed by atoms with Crippen LogP contribution in [0.3, 0.4) is 0 Å². The van der Waals surface area contributed by atoms with E-state index in [1.54, 1.807) is 6.92 Å². The minimum atomic E-state index is -0.602. The molecule has 1 saturated heterocycles. The molecule has 3 atom stereocenters. The van der Waals surface area contributed by atoms with E-state index in [4.69, 9.17) is 9.47 Å². The Kier molecular flexibility index (Phi) is 3.53. The molecule has 0 amide bonds. The molecule has 96 valence electrons. The lowest BCUT2D eigenvalue weighted by molar-refractivity contribution is -0.144. The first kappa shape index (κ1) is 12.8. The van der Waals surface area contributed by atoms with Crippen LogP contribution >= 0.6 is 0 Å². The highest BCUT2D eigenvalue weighted by atomic mass is 16.7. The third-order valence-electron chi connectivity index (χ3n) is 3.40. The molecule has 1 aliphatic heterocycles. The van der Waals surface area contributed by atoms with Crippen molar-refractivity contribution in [3.05, 3.63) is 48.6 Å². The third-order valence-corrected chi connectivity index (χ3v) is 3.40. The van der Waals surface area contributed by atoms with Gasteiger partial charge in [0.1, 0.15) is 5.60 Å². The van der Waals surface area contributed by atoms with Gasteiger partial charge in [-0.1, -0.05) is 43.3 Å². The summed E-state index contributed by atoms with van der Waals surface area (Å²) in [6, 6.07) is 9.77. The number of ether oxygens (including phenoxy) is 2. The van der Waals surface area contributed by atoms with E-state index in [2.05, 4.69) is 6.58 Å². The molecular formula is C15H18O3. The summed E-state index contributed by atoms with van der Waals surface area (Å²) in [5.74, 6) is -0.246. The monoisotopic (exact) mass is 246 g/mol. The van der Waals surface area contributed by atoms with Gasteiger partial charge in [-0.2, -0.15) is 0 Å². The molecule has 2 rings (SSSR count). The molecule has 0 aromatic heterocycles. The molecule has 0 radical (unpaired) electrons. The Labute approximate surface area is 107 Å². The van der Waals surface area contributed by atoms with Crippen LogP contribution < -0.4 is 0 Å². The number of benzene rings is 1. The zero-order chi connectivity index (χ0) is 13.2. The smallest absolute Gasteiger partial charge is 0.338 e. The normalized spacial score (nSPS) is 27.3. The number of hydrogen-bond donors (Lipinski definition) is 0. The van der Waals surface area contributed by atoms with Gasteiger partial charge in [0, 0.05) is 5.92 Å². The van der Waals surface area contributed by atoms with Crippen molar-refractivity contribution in [3.63, 3.8) is 0 Å². The fraction of sp³-hybridized carbons (Fsp3) is 0.400. The van der Waals surface area contributed by atoms with Gasteiger partial charge < -0.3 is 9.47 Å². The number of rotatable bonds is 5. The number of epoxide rings is 1. The summed E-state index contributed by atoms with van der Waals surface area (Å²) in [4.78, 5) is 11.8. The maximum Gasteiger partial charge on any atom is 0.338 e. The van der Waals surface area contributed by atoms with Crippen molar-refractivity contribution in [2.24, 2.45) is 5.92 Å². The van der Waals surface area contributed by atoms with Crippen molar-refractivity contribution >= 4 is 5.97 Å². The van der Waals surface area contributed by atoms with E-state index < -0.39 is 11.7 Å². The molecule has 1 unspecified atom stereocenters. The van der Waals surface area contributed by atoms with Crippen molar-refractivity contribution < 1.29 is 14.3 Å². The number of esters is 1. The van der Waals surface area contributed by atoms with Gasteiger partial charge in [-0.05, 0) is 12.5 Å². The van der Waals surface area contributed by atoms with Crippen LogP contribution in [0.5, 0.6) is 0 Å². The van der Waals surface area contributed by atoms with Crippen LogP contribution in [0.1, 0.15) is 19.4 Å². The second-order valence-corrected chi connectivity index (χ2v) is 4.43. The molecule has 1 aromatic carbocycles. The van der Waals surface area contributed by atoms with Gasteiger partial charge in [-0.15, -0.1) is 6.58 Å². The fourth-order valence-electron chi connectivity index (χ4n) is 2.30. The van der Waals surface area contributed by atoms with Gasteiger partial charge in [0.15, 0.2) is 6.10 Å². The first-order valence-corrected chi connectivity index (χ1v) is 6.19. The summed E-state index contributed by atoms with van der Waals surface area (Å²) < 4.78 is 10.8. The van der Waals surface area contributed by atoms with Gasteiger partial charge in [-0.25, -0.2) is 4.79 Å². The molecule has 1 fully saturated rings. The Morgan fingerprint density at radius 3 is 2.78 bits per heavy atom. The third kappa shape index (κ3) is 1.95. The minimum absolute atomic E-state index is 0.0503. The lowest BCUT2D eigenvalue weighted by atomic mass is 9.84. The predicted octanol–water partition coefficient (Wildman–Crippen LogP) is 2.67. The van der Waals surface area contributed by atoms with Crippen LogP contribution in [0, 0.1) is 5.92 Å². The lowest BCUT2D eigenvalue weighted by Gasteiger charge is -2.18. The van der Waals surface area contributed by atoms with Gasteiger partial charge in [0.2, 0.25) is 0 Å². The Hall–Kier alpha value is -1.61. The second kappa shape index (κ2) is 4.94. The Morgan fingerprint density at radius 1 is 1.56 bits per heavy atom. The van der Waals surface area contributed by atoms with Crippen molar-refractivity contribution in [1.82, 2.24) is 0 Å². The molecule has 18 heavy (non-hydrogen) atoms. The SMILES string of the molecule is C=CC(C)[C@@]1(c2ccccc2)O[C@@H]1C(=O)OCC. The topological polar surface area (TPSA) is 38.8 Å². The Balaban J connectivity index is 2.29. The van der Waals surface area contributed by atoms with E-state index in [1.807, 2.05) is 43.3 Å². The van der Waals surface area contributed by atoms with E-state index in [0.717, 1.165) is 5.56 Å². The van der Waals surface area contributed by atoms with Gasteiger partial charge in [-0.3, -0.25) is 0 Å². The lowest BCUT2D eigenvalue weighted by Crippen LogP contribution is -2.26. The zero-order valence-corrected chi connectivity index (χ0v) is 10.8. The van der Waals surface area contributed by atoms with Crippen molar-refractivity contribution in [2.45, 2.75) is 25.6 Å². The molecule has 1 aromatic rings. The molecule has 0 N–H and O–H groups in total. The van der Waals surface area contributed by atoms with Crippen LogP contribution in [-0.4, -0.2) is 18.7 Å². The van der Waals surface area contributed by atoms with Crippen LogP contribution in [0.4, 0.5) is 0 Å². The molecular weight excluding hydrogens is 228 g/mol. The quantitative estimate of drug-likeness (QED) is 0.455. The summed E-state index contributed by atoms with van der Waals surface area (Å²) in [6.45, 7) is 7.96. The van der Waals surface area contributed by atoms with Gasteiger partial charge >= 0.3 is 5.97 Å². The molecule has 3 nitrogen and oxygen atoms in total. The molecule has 0 aliphatic carbocycles. The largest absolute Gasteiger partial charge is 0.464 e. The van der Waals surface area contributed by atoms with Crippen molar-refractivity contribution in [2.75, 3.05) is 6.61 Å². The molecule has 3 heteroatoms. The van der Waals surface area contributed by atoms with E-state index in [0.29, 0.717) is 6.61 Å². The van der Waals surface area contributed by atoms with Crippen molar-refractivity contribution in [3.8, 4) is 0 Å². The molecule has 0 spiro atoms. The average Bonchev–Trinajstić information content (AvgIpc) is 3.16. The first-order chi connectivity index (χ1) is 8.66. The van der Waals surface area contributed by atoms with E-state index in [9.17, 15) is 4.79 Å². The van der Waals surface area contributed by atoms with Crippen LogP contribution in [-0.2, 0) is 19.9 Å². The fourth-order valence-corrected chi connectivity index (χ4v) is 2.30. The Morgan fingerprint density at radius 2 is 2.22 bits per heavy atom. The highest BCUT2D eigenvalue weighted by Crippen LogP contribution is 2.52. The summed E-state index contributed by atoms with van der Waals surface area (Å²) in [5.41, 5.74) is 0.394. The van der Waals surface area contributed by atoms with Crippen LogP contribution in [0.2, 0.25) is 0 Å². The molecule has 1 heterocycles. The van der Waals surface area contributed by atoms with E-state index >= 15 is 0 Å². The number of carbonyl (C=O) groups excluding carboxylic acids is 1. The average molecular weight is 246 g/mol. The zero-order valence-electron chi connectivity index (χ0n) is 10.8. The molecule has 0 bridgehead atoms. The van der Waals surface area contributed by atoms with Gasteiger partial charge in [0.25, 0.3) is 0 Å². The standard InChI is InChI=1S/C15H18O3/c1-4-11(3)15(12-9-7-6-8-10-12)13(18-15)14(16)17-5-2/h4,6-11,13H,1,5H2,2-3H3/t11?,13-,15+/m1/s1. The summed E-state index contributed by atoms with van der Waals surface area (Å²) in [5, 5.41) is 0. The number of hydrogen-bond acceptors (Lipinski definition) is 3. The predicted molar refractivity (Wildman–Crippen MR) is 69.0 cm³/mol. The highest BCUT2D eigenvalue weighted by molar-refractivity contribution is 5.80. The maximum absolute atomic E-state index is 11.8. The minimum Gasteiger partial charge on any atom is -0.464 e. The Bertz CT molecular complexity index is 440. The summed E-state index contributed by atoms with van der Waals surface area (Å²) in [6.07, 6.45) is 1.29. The molecule has 0 saturated carbocycles. The highest BCUT2D eigenvalue weighted by Gasteiger charge is 2.65. The number of carbonyl (C=O) groups is 1. The molecule has 1 aliphatic rings. The van der Waals surface area contributed by atoms with Crippen LogP contribution in [0.15, 0.2) is 43.0 Å². The summed E-state index contributed by atoms with van der Waals surface area (Å²) >= 11 is 0. The maximum atomic E-state index is 11.8. The van der Waals surface area contributed by atoms with Gasteiger partial charge in [0.05, 0.1) is 6.61 Å². The van der Waals surface area contributed by atoms with E-state index in [-0.39, 0.29) is 11.9 Å². The van der Waals surface area contributed by atoms with Crippen molar-refractivity contribution in [1.29, 1.82) is 0 Å². The van der Waals surface area contributed by atoms with Crippen LogP contribution in [0.25, 0.3) is 0 Å².